The highest BCUT2D eigenvalue weighted by Gasteiger charge is 2.43. The maximum absolute atomic E-state index is 10.5. The fraction of sp³-hybridized carbons (Fsp3) is 1.00. The first kappa shape index (κ1) is 15.0. The minimum atomic E-state index is -0.161. The quantitative estimate of drug-likeness (QED) is 0.720. The van der Waals surface area contributed by atoms with E-state index in [2.05, 4.69) is 39.5 Å². The molecule has 0 aromatic heterocycles. The standard InChI is InChI=1S/C15H31NO/c1-6-7-8-11-16(12(2)3)13-9-10-15(4,5)14(13)17/h12-14,17H,6-11H2,1-5H3. The Labute approximate surface area is 107 Å². The van der Waals surface area contributed by atoms with Gasteiger partial charge in [0.2, 0.25) is 0 Å². The molecule has 0 bridgehead atoms. The predicted molar refractivity (Wildman–Crippen MR) is 74.2 cm³/mol. The molecule has 2 heteroatoms. The van der Waals surface area contributed by atoms with Crippen LogP contribution in [0.15, 0.2) is 0 Å². The largest absolute Gasteiger partial charge is 0.391 e. The van der Waals surface area contributed by atoms with Crippen molar-refractivity contribution in [2.75, 3.05) is 6.54 Å². The molecule has 102 valence electrons. The van der Waals surface area contributed by atoms with Crippen LogP contribution >= 0.6 is 0 Å². The van der Waals surface area contributed by atoms with Crippen LogP contribution in [0.3, 0.4) is 0 Å². The Balaban J connectivity index is 2.59. The van der Waals surface area contributed by atoms with E-state index in [0.29, 0.717) is 12.1 Å². The second kappa shape index (κ2) is 6.19. The summed E-state index contributed by atoms with van der Waals surface area (Å²) in [6.45, 7) is 12.3. The molecule has 1 saturated carbocycles. The Bertz CT molecular complexity index is 225. The first-order valence-corrected chi connectivity index (χ1v) is 7.34. The molecule has 0 saturated heterocycles. The lowest BCUT2D eigenvalue weighted by Gasteiger charge is -2.37. The number of nitrogens with zero attached hydrogens (tertiary/aromatic N) is 1. The van der Waals surface area contributed by atoms with Crippen molar-refractivity contribution in [1.82, 2.24) is 4.90 Å². The summed E-state index contributed by atoms with van der Waals surface area (Å²) in [6, 6.07) is 0.919. The van der Waals surface area contributed by atoms with Crippen LogP contribution in [-0.4, -0.2) is 34.7 Å². The molecule has 2 nitrogen and oxygen atoms in total. The molecule has 1 N–H and O–H groups in total. The van der Waals surface area contributed by atoms with Gasteiger partial charge in [0.1, 0.15) is 0 Å². The van der Waals surface area contributed by atoms with Crippen LogP contribution in [0.5, 0.6) is 0 Å². The molecule has 0 aromatic rings. The van der Waals surface area contributed by atoms with Crippen LogP contribution in [-0.2, 0) is 0 Å². The van der Waals surface area contributed by atoms with Crippen LogP contribution in [0.1, 0.15) is 66.7 Å². The fourth-order valence-electron chi connectivity index (χ4n) is 3.04. The van der Waals surface area contributed by atoms with Crippen molar-refractivity contribution < 1.29 is 5.11 Å². The lowest BCUT2D eigenvalue weighted by Crippen LogP contribution is -2.47. The number of unbranched alkanes of at least 4 members (excludes halogenated alkanes) is 2. The Morgan fingerprint density at radius 1 is 1.29 bits per heavy atom. The van der Waals surface area contributed by atoms with Gasteiger partial charge < -0.3 is 5.11 Å². The van der Waals surface area contributed by atoms with Gasteiger partial charge in [-0.25, -0.2) is 0 Å². The van der Waals surface area contributed by atoms with Crippen molar-refractivity contribution in [3.63, 3.8) is 0 Å². The summed E-state index contributed by atoms with van der Waals surface area (Å²) >= 11 is 0. The zero-order chi connectivity index (χ0) is 13.1. The zero-order valence-electron chi connectivity index (χ0n) is 12.4. The van der Waals surface area contributed by atoms with Crippen molar-refractivity contribution in [2.24, 2.45) is 5.41 Å². The molecule has 0 spiro atoms. The fourth-order valence-corrected chi connectivity index (χ4v) is 3.04. The topological polar surface area (TPSA) is 23.5 Å². The summed E-state index contributed by atoms with van der Waals surface area (Å²) in [5.41, 5.74) is 0.0998. The van der Waals surface area contributed by atoms with Crippen LogP contribution in [0.4, 0.5) is 0 Å². The molecule has 0 amide bonds. The van der Waals surface area contributed by atoms with Gasteiger partial charge in [-0.05, 0) is 45.1 Å². The van der Waals surface area contributed by atoms with Crippen LogP contribution in [0, 0.1) is 5.41 Å². The van der Waals surface area contributed by atoms with Gasteiger partial charge in [-0.3, -0.25) is 4.90 Å². The molecule has 17 heavy (non-hydrogen) atoms. The van der Waals surface area contributed by atoms with Crippen molar-refractivity contribution in [3.05, 3.63) is 0 Å². The van der Waals surface area contributed by atoms with Crippen molar-refractivity contribution in [1.29, 1.82) is 0 Å². The lowest BCUT2D eigenvalue weighted by molar-refractivity contribution is 0.00296. The second-order valence-corrected chi connectivity index (χ2v) is 6.58. The van der Waals surface area contributed by atoms with Crippen molar-refractivity contribution in [2.45, 2.75) is 84.9 Å². The summed E-state index contributed by atoms with van der Waals surface area (Å²) < 4.78 is 0. The first-order chi connectivity index (χ1) is 7.90. The monoisotopic (exact) mass is 241 g/mol. The van der Waals surface area contributed by atoms with E-state index in [1.807, 2.05) is 0 Å². The highest BCUT2D eigenvalue weighted by Crippen LogP contribution is 2.40. The van der Waals surface area contributed by atoms with E-state index in [1.54, 1.807) is 0 Å². The Kier molecular flexibility index (Phi) is 5.46. The van der Waals surface area contributed by atoms with E-state index in [0.717, 1.165) is 19.4 Å². The van der Waals surface area contributed by atoms with Crippen molar-refractivity contribution in [3.8, 4) is 0 Å². The molecule has 1 fully saturated rings. The molecule has 2 atom stereocenters. The van der Waals surface area contributed by atoms with Crippen LogP contribution in [0.2, 0.25) is 0 Å². The van der Waals surface area contributed by atoms with Gasteiger partial charge in [0.25, 0.3) is 0 Å². The third-order valence-electron chi connectivity index (χ3n) is 4.36. The Morgan fingerprint density at radius 3 is 2.35 bits per heavy atom. The third-order valence-corrected chi connectivity index (χ3v) is 4.36. The molecule has 0 aromatic carbocycles. The molecule has 1 aliphatic rings. The average Bonchev–Trinajstić information content (AvgIpc) is 2.50. The molecule has 0 aliphatic heterocycles. The lowest BCUT2D eigenvalue weighted by atomic mass is 9.88. The van der Waals surface area contributed by atoms with Crippen molar-refractivity contribution >= 4 is 0 Å². The summed E-state index contributed by atoms with van der Waals surface area (Å²) in [7, 11) is 0. The van der Waals surface area contributed by atoms with Gasteiger partial charge >= 0.3 is 0 Å². The molecule has 0 heterocycles. The molecule has 1 rings (SSSR count). The zero-order valence-corrected chi connectivity index (χ0v) is 12.4. The number of aliphatic hydroxyl groups is 1. The summed E-state index contributed by atoms with van der Waals surface area (Å²) in [4.78, 5) is 2.52. The van der Waals surface area contributed by atoms with Gasteiger partial charge in [-0.15, -0.1) is 0 Å². The first-order valence-electron chi connectivity index (χ1n) is 7.34. The van der Waals surface area contributed by atoms with E-state index in [9.17, 15) is 5.11 Å². The number of hydrogen-bond acceptors (Lipinski definition) is 2. The number of hydrogen-bond donors (Lipinski definition) is 1. The summed E-state index contributed by atoms with van der Waals surface area (Å²) in [5.74, 6) is 0. The Morgan fingerprint density at radius 2 is 1.94 bits per heavy atom. The predicted octanol–water partition coefficient (Wildman–Crippen LogP) is 3.44. The molecular weight excluding hydrogens is 210 g/mol. The molecule has 0 radical (unpaired) electrons. The summed E-state index contributed by atoms with van der Waals surface area (Å²) in [5, 5.41) is 10.5. The van der Waals surface area contributed by atoms with Gasteiger partial charge in [0.05, 0.1) is 6.10 Å². The Hall–Kier alpha value is -0.0800. The van der Waals surface area contributed by atoms with E-state index >= 15 is 0 Å². The van der Waals surface area contributed by atoms with Crippen LogP contribution < -0.4 is 0 Å². The maximum atomic E-state index is 10.5. The van der Waals surface area contributed by atoms with E-state index in [-0.39, 0.29) is 11.5 Å². The van der Waals surface area contributed by atoms with Gasteiger partial charge in [0, 0.05) is 12.1 Å². The highest BCUT2D eigenvalue weighted by atomic mass is 16.3. The number of rotatable bonds is 6. The normalized spacial score (nSPS) is 28.2. The molecule has 1 aliphatic carbocycles. The van der Waals surface area contributed by atoms with E-state index in [1.165, 1.54) is 19.3 Å². The van der Waals surface area contributed by atoms with Gasteiger partial charge in [0.15, 0.2) is 0 Å². The minimum absolute atomic E-state index is 0.0998. The van der Waals surface area contributed by atoms with Gasteiger partial charge in [-0.1, -0.05) is 33.6 Å². The molecule has 2 unspecified atom stereocenters. The second-order valence-electron chi connectivity index (χ2n) is 6.58. The minimum Gasteiger partial charge on any atom is -0.391 e. The van der Waals surface area contributed by atoms with Gasteiger partial charge in [-0.2, -0.15) is 0 Å². The smallest absolute Gasteiger partial charge is 0.0746 e. The third kappa shape index (κ3) is 3.69. The average molecular weight is 241 g/mol. The maximum Gasteiger partial charge on any atom is 0.0746 e. The summed E-state index contributed by atoms with van der Waals surface area (Å²) in [6.07, 6.45) is 5.97. The number of aliphatic hydroxyl groups excluding tert-OH is 1. The van der Waals surface area contributed by atoms with E-state index in [4.69, 9.17) is 0 Å². The SMILES string of the molecule is CCCCCN(C(C)C)C1CCC(C)(C)C1O. The van der Waals surface area contributed by atoms with Crippen LogP contribution in [0.25, 0.3) is 0 Å². The molecular formula is C15H31NO. The highest BCUT2D eigenvalue weighted by molar-refractivity contribution is 4.97. The van der Waals surface area contributed by atoms with E-state index < -0.39 is 0 Å².